The van der Waals surface area contributed by atoms with E-state index in [0.717, 1.165) is 10.4 Å². The van der Waals surface area contributed by atoms with Crippen LogP contribution in [0.2, 0.25) is 0 Å². The van der Waals surface area contributed by atoms with Gasteiger partial charge in [-0.2, -0.15) is 0 Å². The zero-order chi connectivity index (χ0) is 14.0. The molecule has 0 saturated carbocycles. The summed E-state index contributed by atoms with van der Waals surface area (Å²) in [6.07, 6.45) is 1.80. The van der Waals surface area contributed by atoms with Crippen LogP contribution in [0.15, 0.2) is 24.4 Å². The van der Waals surface area contributed by atoms with Crippen molar-refractivity contribution in [2.45, 2.75) is 26.7 Å². The van der Waals surface area contributed by atoms with Crippen LogP contribution in [0.25, 0.3) is 0 Å². The van der Waals surface area contributed by atoms with Gasteiger partial charge < -0.3 is 5.73 Å². The highest BCUT2D eigenvalue weighted by Crippen LogP contribution is 2.25. The molecule has 5 heteroatoms. The fourth-order valence-corrected chi connectivity index (χ4v) is 2.47. The highest BCUT2D eigenvalue weighted by atomic mass is 32.1. The number of nitrogen functional groups attached to an aromatic ring is 1. The lowest BCUT2D eigenvalue weighted by molar-refractivity contribution is 0.102. The van der Waals surface area contributed by atoms with Gasteiger partial charge in [0.1, 0.15) is 0 Å². The standard InChI is InChI=1S/C14H17N3OS/c1-8(2)12-7-16-14(19-12)17-13(18)11-6-10(15)5-4-9(11)3/h4-8H,15H2,1-3H3,(H,16,17,18). The summed E-state index contributed by atoms with van der Waals surface area (Å²) in [4.78, 5) is 17.5. The van der Waals surface area contributed by atoms with Gasteiger partial charge >= 0.3 is 0 Å². The zero-order valence-corrected chi connectivity index (χ0v) is 12.0. The molecule has 1 amide bonds. The van der Waals surface area contributed by atoms with Crippen LogP contribution in [-0.4, -0.2) is 10.9 Å². The number of aromatic nitrogens is 1. The van der Waals surface area contributed by atoms with E-state index in [4.69, 9.17) is 5.73 Å². The van der Waals surface area contributed by atoms with Gasteiger partial charge in [0.2, 0.25) is 0 Å². The molecule has 19 heavy (non-hydrogen) atoms. The maximum atomic E-state index is 12.2. The van der Waals surface area contributed by atoms with E-state index in [1.165, 1.54) is 11.3 Å². The number of nitrogens with one attached hydrogen (secondary N) is 1. The van der Waals surface area contributed by atoms with Gasteiger partial charge in [0, 0.05) is 22.3 Å². The average Bonchev–Trinajstić information content (AvgIpc) is 2.80. The minimum Gasteiger partial charge on any atom is -0.399 e. The molecule has 2 rings (SSSR count). The molecule has 0 unspecified atom stereocenters. The van der Waals surface area contributed by atoms with E-state index in [1.54, 1.807) is 18.3 Å². The van der Waals surface area contributed by atoms with Crippen LogP contribution in [0, 0.1) is 6.92 Å². The molecule has 1 heterocycles. The molecule has 0 bridgehead atoms. The molecule has 0 aliphatic heterocycles. The molecule has 4 nitrogen and oxygen atoms in total. The lowest BCUT2D eigenvalue weighted by Gasteiger charge is -2.06. The lowest BCUT2D eigenvalue weighted by atomic mass is 10.1. The molecule has 0 aliphatic rings. The van der Waals surface area contributed by atoms with E-state index < -0.39 is 0 Å². The number of hydrogen-bond acceptors (Lipinski definition) is 4. The minimum atomic E-state index is -0.172. The molecule has 0 atom stereocenters. The van der Waals surface area contributed by atoms with Gasteiger partial charge in [-0.15, -0.1) is 11.3 Å². The Kier molecular flexibility index (Phi) is 3.85. The third kappa shape index (κ3) is 3.12. The Morgan fingerprint density at radius 3 is 2.79 bits per heavy atom. The van der Waals surface area contributed by atoms with Crippen molar-refractivity contribution in [1.82, 2.24) is 4.98 Å². The minimum absolute atomic E-state index is 0.172. The number of aryl methyl sites for hydroxylation is 1. The van der Waals surface area contributed by atoms with E-state index in [9.17, 15) is 4.79 Å². The van der Waals surface area contributed by atoms with E-state index in [1.807, 2.05) is 13.0 Å². The number of nitrogens with two attached hydrogens (primary N) is 1. The highest BCUT2D eigenvalue weighted by Gasteiger charge is 2.12. The number of carbonyl (C=O) groups is 1. The van der Waals surface area contributed by atoms with E-state index in [2.05, 4.69) is 24.1 Å². The van der Waals surface area contributed by atoms with E-state index >= 15 is 0 Å². The zero-order valence-electron chi connectivity index (χ0n) is 11.2. The SMILES string of the molecule is Cc1ccc(N)cc1C(=O)Nc1ncc(C(C)C)s1. The second-order valence-corrected chi connectivity index (χ2v) is 5.81. The van der Waals surface area contributed by atoms with Crippen molar-refractivity contribution in [3.63, 3.8) is 0 Å². The first-order valence-electron chi connectivity index (χ1n) is 6.10. The van der Waals surface area contributed by atoms with Crippen molar-refractivity contribution < 1.29 is 4.79 Å². The number of amides is 1. The van der Waals surface area contributed by atoms with Gasteiger partial charge in [0.05, 0.1) is 0 Å². The molecule has 0 saturated heterocycles. The first kappa shape index (κ1) is 13.5. The maximum absolute atomic E-state index is 12.2. The van der Waals surface area contributed by atoms with Gasteiger partial charge in [-0.05, 0) is 30.5 Å². The fourth-order valence-electron chi connectivity index (χ4n) is 1.66. The van der Waals surface area contributed by atoms with Crippen LogP contribution < -0.4 is 11.1 Å². The molecule has 0 aliphatic carbocycles. The van der Waals surface area contributed by atoms with Crippen LogP contribution in [0.4, 0.5) is 10.8 Å². The quantitative estimate of drug-likeness (QED) is 0.843. The summed E-state index contributed by atoms with van der Waals surface area (Å²) in [5, 5.41) is 3.44. The van der Waals surface area contributed by atoms with Gasteiger partial charge in [-0.3, -0.25) is 10.1 Å². The molecular weight excluding hydrogens is 258 g/mol. The predicted octanol–water partition coefficient (Wildman–Crippen LogP) is 3.41. The Labute approximate surface area is 116 Å². The molecule has 0 fully saturated rings. The smallest absolute Gasteiger partial charge is 0.257 e. The average molecular weight is 275 g/mol. The maximum Gasteiger partial charge on any atom is 0.257 e. The van der Waals surface area contributed by atoms with Gasteiger partial charge in [0.15, 0.2) is 5.13 Å². The van der Waals surface area contributed by atoms with Crippen LogP contribution >= 0.6 is 11.3 Å². The lowest BCUT2D eigenvalue weighted by Crippen LogP contribution is -2.13. The first-order chi connectivity index (χ1) is 8.97. The Balaban J connectivity index is 2.18. The van der Waals surface area contributed by atoms with Crippen LogP contribution in [-0.2, 0) is 0 Å². The Morgan fingerprint density at radius 2 is 2.16 bits per heavy atom. The second kappa shape index (κ2) is 5.40. The highest BCUT2D eigenvalue weighted by molar-refractivity contribution is 7.15. The van der Waals surface area contributed by atoms with Crippen molar-refractivity contribution in [3.05, 3.63) is 40.4 Å². The summed E-state index contributed by atoms with van der Waals surface area (Å²) >= 11 is 1.50. The van der Waals surface area contributed by atoms with Gasteiger partial charge in [0.25, 0.3) is 5.91 Å². The van der Waals surface area contributed by atoms with Gasteiger partial charge in [-0.1, -0.05) is 19.9 Å². The number of carbonyl (C=O) groups excluding carboxylic acids is 1. The summed E-state index contributed by atoms with van der Waals surface area (Å²) in [5.74, 6) is 0.242. The summed E-state index contributed by atoms with van der Waals surface area (Å²) in [6.45, 7) is 6.08. The molecule has 2 aromatic rings. The number of thiazole rings is 1. The normalized spacial score (nSPS) is 10.7. The summed E-state index contributed by atoms with van der Waals surface area (Å²) in [7, 11) is 0. The Hall–Kier alpha value is -1.88. The molecule has 0 radical (unpaired) electrons. The predicted molar refractivity (Wildman–Crippen MR) is 79.7 cm³/mol. The molecule has 3 N–H and O–H groups in total. The van der Waals surface area contributed by atoms with Crippen molar-refractivity contribution in [3.8, 4) is 0 Å². The van der Waals surface area contributed by atoms with Crippen molar-refractivity contribution in [2.75, 3.05) is 11.1 Å². The number of anilines is 2. The van der Waals surface area contributed by atoms with Crippen molar-refractivity contribution in [2.24, 2.45) is 0 Å². The molecule has 1 aromatic carbocycles. The third-order valence-corrected chi connectivity index (χ3v) is 4.03. The topological polar surface area (TPSA) is 68.0 Å². The summed E-state index contributed by atoms with van der Waals surface area (Å²) in [6, 6.07) is 5.31. The summed E-state index contributed by atoms with van der Waals surface area (Å²) < 4.78 is 0. The van der Waals surface area contributed by atoms with Crippen LogP contribution in [0.3, 0.4) is 0 Å². The monoisotopic (exact) mass is 275 g/mol. The number of benzene rings is 1. The molecule has 100 valence electrons. The third-order valence-electron chi connectivity index (χ3n) is 2.82. The van der Waals surface area contributed by atoms with Crippen LogP contribution in [0.5, 0.6) is 0 Å². The van der Waals surface area contributed by atoms with Crippen molar-refractivity contribution in [1.29, 1.82) is 0 Å². The van der Waals surface area contributed by atoms with Crippen molar-refractivity contribution >= 4 is 28.1 Å². The largest absolute Gasteiger partial charge is 0.399 e. The number of nitrogens with zero attached hydrogens (tertiary/aromatic N) is 1. The van der Waals surface area contributed by atoms with E-state index in [-0.39, 0.29) is 5.91 Å². The summed E-state index contributed by atoms with van der Waals surface area (Å²) in [5.41, 5.74) is 7.77. The Bertz CT molecular complexity index is 604. The second-order valence-electron chi connectivity index (χ2n) is 4.75. The number of rotatable bonds is 3. The number of hydrogen-bond donors (Lipinski definition) is 2. The van der Waals surface area contributed by atoms with E-state index in [0.29, 0.717) is 22.3 Å². The van der Waals surface area contributed by atoms with Gasteiger partial charge in [-0.25, -0.2) is 4.98 Å². The van der Waals surface area contributed by atoms with Crippen LogP contribution in [0.1, 0.15) is 40.6 Å². The first-order valence-corrected chi connectivity index (χ1v) is 6.92. The molecule has 0 spiro atoms. The Morgan fingerprint density at radius 1 is 1.42 bits per heavy atom. The molecule has 1 aromatic heterocycles. The molecular formula is C14H17N3OS. The fraction of sp³-hybridized carbons (Fsp3) is 0.286.